The van der Waals surface area contributed by atoms with E-state index >= 15 is 0 Å². The molecule has 0 amide bonds. The van der Waals surface area contributed by atoms with Gasteiger partial charge in [0.2, 0.25) is 0 Å². The highest BCUT2D eigenvalue weighted by atomic mass is 32.2. The second-order valence-corrected chi connectivity index (χ2v) is 9.43. The zero-order valence-electron chi connectivity index (χ0n) is 15.7. The van der Waals surface area contributed by atoms with Crippen molar-refractivity contribution in [3.63, 3.8) is 0 Å². The lowest BCUT2D eigenvalue weighted by Crippen LogP contribution is -2.40. The summed E-state index contributed by atoms with van der Waals surface area (Å²) in [5.41, 5.74) is 2.55. The molecule has 3 aromatic rings. The molecule has 0 unspecified atom stereocenters. The SMILES string of the molecule is CC(C)(C)[S@+]([O-])NCCc1cc2ccc(F)cn2c(=O)c1-c1ccccc1. The normalized spacial score (nSPS) is 13.1. The molecular formula is C21H23FN2O2S. The van der Waals surface area contributed by atoms with Gasteiger partial charge in [-0.2, -0.15) is 0 Å². The summed E-state index contributed by atoms with van der Waals surface area (Å²) in [4.78, 5) is 13.1. The zero-order valence-corrected chi connectivity index (χ0v) is 16.5. The van der Waals surface area contributed by atoms with E-state index in [1.165, 1.54) is 16.7 Å². The summed E-state index contributed by atoms with van der Waals surface area (Å²) >= 11 is -1.18. The van der Waals surface area contributed by atoms with Gasteiger partial charge >= 0.3 is 0 Å². The van der Waals surface area contributed by atoms with Crippen LogP contribution in [0.15, 0.2) is 59.5 Å². The highest BCUT2D eigenvalue weighted by Gasteiger charge is 2.26. The maximum Gasteiger partial charge on any atom is 0.263 e. The minimum Gasteiger partial charge on any atom is -0.598 e. The van der Waals surface area contributed by atoms with Crippen molar-refractivity contribution in [1.29, 1.82) is 0 Å². The Hall–Kier alpha value is -2.15. The largest absolute Gasteiger partial charge is 0.598 e. The molecule has 3 rings (SSSR count). The second kappa shape index (κ2) is 7.84. The Morgan fingerprint density at radius 1 is 1.15 bits per heavy atom. The first-order chi connectivity index (χ1) is 12.8. The minimum absolute atomic E-state index is 0.259. The summed E-state index contributed by atoms with van der Waals surface area (Å²) in [6.45, 7) is 6.19. The summed E-state index contributed by atoms with van der Waals surface area (Å²) < 4.78 is 29.9. The van der Waals surface area contributed by atoms with Gasteiger partial charge in [0.25, 0.3) is 5.56 Å². The van der Waals surface area contributed by atoms with Crippen molar-refractivity contribution in [2.24, 2.45) is 0 Å². The van der Waals surface area contributed by atoms with Crippen molar-refractivity contribution in [2.45, 2.75) is 31.9 Å². The fraction of sp³-hybridized carbons (Fsp3) is 0.286. The minimum atomic E-state index is -1.18. The van der Waals surface area contributed by atoms with Gasteiger partial charge in [0, 0.05) is 29.6 Å². The van der Waals surface area contributed by atoms with E-state index in [2.05, 4.69) is 4.72 Å². The standard InChI is InChI=1S/C21H23FN2O2S/c1-21(2,3)27(26)23-12-11-16-13-18-10-9-17(22)14-24(18)20(25)19(16)15-7-5-4-6-8-15/h4-10,13-14,23H,11-12H2,1-3H3/t27-/m0/s1. The number of halogens is 1. The molecule has 0 bridgehead atoms. The molecule has 4 nitrogen and oxygen atoms in total. The van der Waals surface area contributed by atoms with Crippen LogP contribution in [0.4, 0.5) is 4.39 Å². The predicted molar refractivity (Wildman–Crippen MR) is 109 cm³/mol. The molecule has 0 spiro atoms. The molecule has 0 aliphatic rings. The maximum absolute atomic E-state index is 13.7. The third-order valence-corrected chi connectivity index (χ3v) is 5.84. The lowest BCUT2D eigenvalue weighted by Gasteiger charge is -2.23. The van der Waals surface area contributed by atoms with E-state index < -0.39 is 17.2 Å². The molecule has 2 aromatic heterocycles. The van der Waals surface area contributed by atoms with E-state index in [0.29, 0.717) is 24.0 Å². The molecule has 0 saturated carbocycles. The Bertz CT molecular complexity index is 997. The molecule has 142 valence electrons. The number of nitrogens with one attached hydrogen (secondary N) is 1. The van der Waals surface area contributed by atoms with Crippen molar-refractivity contribution in [3.8, 4) is 11.1 Å². The first-order valence-electron chi connectivity index (χ1n) is 8.82. The molecule has 1 N–H and O–H groups in total. The molecule has 0 aliphatic carbocycles. The first kappa shape index (κ1) is 19.6. The number of pyridine rings is 2. The third kappa shape index (κ3) is 4.40. The Labute approximate surface area is 161 Å². The van der Waals surface area contributed by atoms with E-state index in [1.807, 2.05) is 57.2 Å². The van der Waals surface area contributed by atoms with Gasteiger partial charge in [-0.25, -0.2) is 4.39 Å². The highest BCUT2D eigenvalue weighted by Crippen LogP contribution is 2.22. The predicted octanol–water partition coefficient (Wildman–Crippen LogP) is 3.70. The number of nitrogens with zero attached hydrogens (tertiary/aromatic N) is 1. The van der Waals surface area contributed by atoms with Crippen molar-refractivity contribution >= 4 is 16.9 Å². The van der Waals surface area contributed by atoms with Gasteiger partial charge in [0.1, 0.15) is 10.6 Å². The Kier molecular flexibility index (Phi) is 5.69. The van der Waals surface area contributed by atoms with Gasteiger partial charge in [-0.05, 0) is 56.5 Å². The molecule has 6 heteroatoms. The molecular weight excluding hydrogens is 363 g/mol. The second-order valence-electron chi connectivity index (χ2n) is 7.38. The molecule has 27 heavy (non-hydrogen) atoms. The lowest BCUT2D eigenvalue weighted by molar-refractivity contribution is 0.544. The van der Waals surface area contributed by atoms with Crippen LogP contribution in [0.5, 0.6) is 0 Å². The Balaban J connectivity index is 2.03. The third-order valence-electron chi connectivity index (χ3n) is 4.27. The molecule has 1 aromatic carbocycles. The van der Waals surface area contributed by atoms with E-state index in [4.69, 9.17) is 0 Å². The van der Waals surface area contributed by atoms with Gasteiger partial charge < -0.3 is 4.55 Å². The molecule has 0 aliphatic heterocycles. The van der Waals surface area contributed by atoms with Crippen LogP contribution in [-0.2, 0) is 17.8 Å². The molecule has 2 heterocycles. The Morgan fingerprint density at radius 2 is 1.85 bits per heavy atom. The quantitative estimate of drug-likeness (QED) is 0.680. The number of rotatable bonds is 5. The summed E-state index contributed by atoms with van der Waals surface area (Å²) in [6, 6.07) is 14.2. The van der Waals surface area contributed by atoms with Crippen LogP contribution >= 0.6 is 0 Å². The van der Waals surface area contributed by atoms with Crippen LogP contribution in [0, 0.1) is 5.82 Å². The van der Waals surface area contributed by atoms with Crippen LogP contribution < -0.4 is 10.3 Å². The summed E-state index contributed by atoms with van der Waals surface area (Å²) in [5, 5.41) is 0. The van der Waals surface area contributed by atoms with Crippen LogP contribution in [-0.4, -0.2) is 20.2 Å². The van der Waals surface area contributed by atoms with Crippen LogP contribution in [0.1, 0.15) is 26.3 Å². The van der Waals surface area contributed by atoms with E-state index in [-0.39, 0.29) is 10.3 Å². The van der Waals surface area contributed by atoms with Crippen LogP contribution in [0.25, 0.3) is 16.6 Å². The number of hydrogen-bond acceptors (Lipinski definition) is 3. The topological polar surface area (TPSA) is 56.6 Å². The first-order valence-corrected chi connectivity index (χ1v) is 9.97. The average Bonchev–Trinajstić information content (AvgIpc) is 2.62. The fourth-order valence-corrected chi connectivity index (χ4v) is 3.61. The van der Waals surface area contributed by atoms with E-state index in [9.17, 15) is 13.7 Å². The van der Waals surface area contributed by atoms with Crippen molar-refractivity contribution in [1.82, 2.24) is 9.12 Å². The zero-order chi connectivity index (χ0) is 19.6. The summed E-state index contributed by atoms with van der Waals surface area (Å²) in [5.74, 6) is -0.460. The van der Waals surface area contributed by atoms with Crippen molar-refractivity contribution < 1.29 is 8.94 Å². The van der Waals surface area contributed by atoms with E-state index in [0.717, 1.165) is 11.1 Å². The smallest absolute Gasteiger partial charge is 0.263 e. The lowest BCUT2D eigenvalue weighted by atomic mass is 9.98. The van der Waals surface area contributed by atoms with Crippen molar-refractivity contribution in [2.75, 3.05) is 6.54 Å². The van der Waals surface area contributed by atoms with Gasteiger partial charge in [-0.1, -0.05) is 30.3 Å². The average molecular weight is 386 g/mol. The molecule has 1 atom stereocenters. The van der Waals surface area contributed by atoms with E-state index in [1.54, 1.807) is 6.07 Å². The highest BCUT2D eigenvalue weighted by molar-refractivity contribution is 7.90. The fourth-order valence-electron chi connectivity index (χ4n) is 2.89. The van der Waals surface area contributed by atoms with Gasteiger partial charge in [0.15, 0.2) is 0 Å². The van der Waals surface area contributed by atoms with Gasteiger partial charge in [-0.3, -0.25) is 9.20 Å². The van der Waals surface area contributed by atoms with Gasteiger partial charge in [0.05, 0.1) is 5.56 Å². The summed E-state index contributed by atoms with van der Waals surface area (Å²) in [6.07, 6.45) is 1.75. The van der Waals surface area contributed by atoms with Crippen LogP contribution in [0.2, 0.25) is 0 Å². The maximum atomic E-state index is 13.7. The number of hydrogen-bond donors (Lipinski definition) is 1. The van der Waals surface area contributed by atoms with Crippen LogP contribution in [0.3, 0.4) is 0 Å². The Morgan fingerprint density at radius 3 is 2.52 bits per heavy atom. The molecule has 0 saturated heterocycles. The molecule has 0 fully saturated rings. The number of aromatic nitrogens is 1. The number of benzene rings is 1. The van der Waals surface area contributed by atoms with Crippen molar-refractivity contribution in [3.05, 3.63) is 76.5 Å². The monoisotopic (exact) mass is 386 g/mol. The molecule has 0 radical (unpaired) electrons. The number of fused-ring (bicyclic) bond motifs is 1. The summed E-state index contributed by atoms with van der Waals surface area (Å²) in [7, 11) is 0. The van der Waals surface area contributed by atoms with Gasteiger partial charge in [-0.15, -0.1) is 4.72 Å².